The molecule has 0 saturated heterocycles. The van der Waals surface area contributed by atoms with Crippen molar-refractivity contribution in [3.63, 3.8) is 0 Å². The molecule has 0 aliphatic carbocycles. The van der Waals surface area contributed by atoms with E-state index in [2.05, 4.69) is 11.1 Å². The Kier molecular flexibility index (Phi) is 5.53. The molecular weight excluding hydrogens is 377 g/mol. The fraction of sp³-hybridized carbons (Fsp3) is 0.318. The van der Waals surface area contributed by atoms with Crippen LogP contribution in [0.15, 0.2) is 36.7 Å². The normalized spacial score (nSPS) is 11.6. The lowest BCUT2D eigenvalue weighted by molar-refractivity contribution is -0.119. The number of hydrogen-bond acceptors (Lipinski definition) is 3. The third kappa shape index (κ3) is 3.93. The molecule has 0 amide bonds. The van der Waals surface area contributed by atoms with E-state index in [0.29, 0.717) is 18.4 Å². The van der Waals surface area contributed by atoms with Gasteiger partial charge in [0, 0.05) is 6.42 Å². The van der Waals surface area contributed by atoms with Crippen LogP contribution in [-0.2, 0) is 23.2 Å². The molecular formula is C22H21ClFN3O. The molecule has 0 saturated carbocycles. The summed E-state index contributed by atoms with van der Waals surface area (Å²) in [6.45, 7) is 5.79. The van der Waals surface area contributed by atoms with E-state index in [4.69, 9.17) is 11.6 Å². The van der Waals surface area contributed by atoms with Gasteiger partial charge in [0.15, 0.2) is 11.6 Å². The molecule has 0 N–H and O–H groups in total. The molecule has 4 nitrogen and oxygen atoms in total. The Balaban J connectivity index is 1.70. The van der Waals surface area contributed by atoms with Crippen molar-refractivity contribution in [2.75, 3.05) is 0 Å². The predicted molar refractivity (Wildman–Crippen MR) is 108 cm³/mol. The zero-order valence-electron chi connectivity index (χ0n) is 16.1. The van der Waals surface area contributed by atoms with Crippen LogP contribution in [0, 0.1) is 24.1 Å². The van der Waals surface area contributed by atoms with Gasteiger partial charge in [0.2, 0.25) is 0 Å². The van der Waals surface area contributed by atoms with Gasteiger partial charge < -0.3 is 4.57 Å². The second-order valence-electron chi connectivity index (χ2n) is 7.52. The maximum atomic E-state index is 14.3. The topological polar surface area (TPSA) is 58.7 Å². The quantitative estimate of drug-likeness (QED) is 0.578. The number of aryl methyl sites for hydroxylation is 2. The van der Waals surface area contributed by atoms with Crippen LogP contribution in [0.5, 0.6) is 0 Å². The molecule has 0 fully saturated rings. The molecule has 3 aromatic rings. The first-order chi connectivity index (χ1) is 13.2. The Labute approximate surface area is 168 Å². The first kappa shape index (κ1) is 20.0. The van der Waals surface area contributed by atoms with Gasteiger partial charge in [0.1, 0.15) is 5.52 Å². The molecule has 0 unspecified atom stereocenters. The smallest absolute Gasteiger partial charge is 0.167 e. The van der Waals surface area contributed by atoms with E-state index < -0.39 is 11.2 Å². The van der Waals surface area contributed by atoms with Crippen molar-refractivity contribution in [1.82, 2.24) is 9.55 Å². The average molecular weight is 398 g/mol. The first-order valence-electron chi connectivity index (χ1n) is 9.04. The largest absolute Gasteiger partial charge is 0.321 e. The van der Waals surface area contributed by atoms with Gasteiger partial charge in [-0.3, -0.25) is 4.79 Å². The third-order valence-corrected chi connectivity index (χ3v) is 5.33. The Bertz CT molecular complexity index is 1100. The zero-order chi connectivity index (χ0) is 20.5. The monoisotopic (exact) mass is 397 g/mol. The molecule has 0 bridgehead atoms. The summed E-state index contributed by atoms with van der Waals surface area (Å²) in [5.74, 6) is -0.574. The molecule has 1 heterocycles. The van der Waals surface area contributed by atoms with Gasteiger partial charge >= 0.3 is 0 Å². The van der Waals surface area contributed by atoms with E-state index in [0.717, 1.165) is 16.7 Å². The predicted octanol–water partition coefficient (Wildman–Crippen LogP) is 5.14. The minimum atomic E-state index is -0.559. The summed E-state index contributed by atoms with van der Waals surface area (Å²) < 4.78 is 15.8. The summed E-state index contributed by atoms with van der Waals surface area (Å²) in [6.07, 6.45) is 2.39. The molecule has 2 aromatic carbocycles. The number of nitriles is 1. The molecule has 0 spiro atoms. The number of rotatable bonds is 6. The second-order valence-corrected chi connectivity index (χ2v) is 7.93. The van der Waals surface area contributed by atoms with Gasteiger partial charge in [0.05, 0.1) is 34.9 Å². The van der Waals surface area contributed by atoms with E-state index in [1.165, 1.54) is 17.0 Å². The van der Waals surface area contributed by atoms with Gasteiger partial charge in [-0.2, -0.15) is 5.26 Å². The fourth-order valence-corrected chi connectivity index (χ4v) is 3.34. The SMILES string of the molecule is Cc1cc(C(C)(C)C#N)ccc1CCC(=O)Cn1cnc2ccc(Cl)c(F)c21. The number of nitrogens with zero attached hydrogens (tertiary/aromatic N) is 3. The zero-order valence-corrected chi connectivity index (χ0v) is 16.8. The van der Waals surface area contributed by atoms with Crippen LogP contribution in [0.4, 0.5) is 4.39 Å². The summed E-state index contributed by atoms with van der Waals surface area (Å²) in [4.78, 5) is 16.6. The molecule has 3 rings (SSSR count). The average Bonchev–Trinajstić information content (AvgIpc) is 3.07. The molecule has 0 radical (unpaired) electrons. The van der Waals surface area contributed by atoms with Crippen LogP contribution in [-0.4, -0.2) is 15.3 Å². The number of carbonyl (C=O) groups excluding carboxylic acids is 1. The summed E-state index contributed by atoms with van der Waals surface area (Å²) in [6, 6.07) is 11.3. The lowest BCUT2D eigenvalue weighted by atomic mass is 9.84. The molecule has 144 valence electrons. The number of Topliss-reactive ketones (excluding diaryl/α,β-unsaturated/α-hetero) is 1. The van der Waals surface area contributed by atoms with Crippen molar-refractivity contribution in [2.24, 2.45) is 0 Å². The van der Waals surface area contributed by atoms with Gasteiger partial charge in [-0.25, -0.2) is 9.37 Å². The molecule has 6 heteroatoms. The van der Waals surface area contributed by atoms with Crippen molar-refractivity contribution >= 4 is 28.4 Å². The van der Waals surface area contributed by atoms with Gasteiger partial charge in [-0.1, -0.05) is 29.8 Å². The summed E-state index contributed by atoms with van der Waals surface area (Å²) >= 11 is 5.85. The molecule has 0 aliphatic rings. The fourth-order valence-electron chi connectivity index (χ4n) is 3.19. The highest BCUT2D eigenvalue weighted by Crippen LogP contribution is 2.26. The number of halogens is 2. The Morgan fingerprint density at radius 3 is 2.75 bits per heavy atom. The minimum Gasteiger partial charge on any atom is -0.321 e. The van der Waals surface area contributed by atoms with Crippen LogP contribution in [0.1, 0.15) is 37.0 Å². The van der Waals surface area contributed by atoms with E-state index in [1.54, 1.807) is 6.07 Å². The number of ketones is 1. The number of fused-ring (bicyclic) bond motifs is 1. The Morgan fingerprint density at radius 2 is 2.07 bits per heavy atom. The van der Waals surface area contributed by atoms with Crippen LogP contribution >= 0.6 is 11.6 Å². The van der Waals surface area contributed by atoms with E-state index in [9.17, 15) is 14.4 Å². The van der Waals surface area contributed by atoms with Crippen molar-refractivity contribution in [3.8, 4) is 6.07 Å². The highest BCUT2D eigenvalue weighted by Gasteiger charge is 2.20. The highest BCUT2D eigenvalue weighted by atomic mass is 35.5. The molecule has 1 aromatic heterocycles. The van der Waals surface area contributed by atoms with Crippen molar-refractivity contribution < 1.29 is 9.18 Å². The number of hydrogen-bond donors (Lipinski definition) is 0. The number of imidazole rings is 1. The van der Waals surface area contributed by atoms with E-state index >= 15 is 0 Å². The number of aromatic nitrogens is 2. The van der Waals surface area contributed by atoms with Crippen LogP contribution < -0.4 is 0 Å². The van der Waals surface area contributed by atoms with E-state index in [1.807, 2.05) is 39.0 Å². The van der Waals surface area contributed by atoms with Crippen molar-refractivity contribution in [1.29, 1.82) is 5.26 Å². The standard InChI is InChI=1S/C22H21ClFN3O/c1-14-10-16(22(2,3)12-25)6-4-15(14)5-7-17(28)11-27-13-26-19-9-8-18(23)20(24)21(19)27/h4,6,8-10,13H,5,7,11H2,1-3H3. The molecule has 0 aliphatic heterocycles. The summed E-state index contributed by atoms with van der Waals surface area (Å²) in [5.41, 5.74) is 3.25. The first-order valence-corrected chi connectivity index (χ1v) is 9.42. The van der Waals surface area contributed by atoms with Gasteiger partial charge in [-0.15, -0.1) is 0 Å². The summed E-state index contributed by atoms with van der Waals surface area (Å²) in [5, 5.41) is 9.29. The third-order valence-electron chi connectivity index (χ3n) is 5.03. The highest BCUT2D eigenvalue weighted by molar-refractivity contribution is 6.31. The Morgan fingerprint density at radius 1 is 1.32 bits per heavy atom. The number of benzene rings is 2. The second kappa shape index (κ2) is 7.73. The van der Waals surface area contributed by atoms with E-state index in [-0.39, 0.29) is 22.9 Å². The maximum Gasteiger partial charge on any atom is 0.167 e. The Hall–Kier alpha value is -2.71. The minimum absolute atomic E-state index is 0.0118. The van der Waals surface area contributed by atoms with Gasteiger partial charge in [-0.05, 0) is 56.0 Å². The molecule has 28 heavy (non-hydrogen) atoms. The van der Waals surface area contributed by atoms with Gasteiger partial charge in [0.25, 0.3) is 0 Å². The lowest BCUT2D eigenvalue weighted by Gasteiger charge is -2.17. The van der Waals surface area contributed by atoms with Crippen LogP contribution in [0.3, 0.4) is 0 Å². The summed E-state index contributed by atoms with van der Waals surface area (Å²) in [7, 11) is 0. The molecule has 0 atom stereocenters. The van der Waals surface area contributed by atoms with Crippen LogP contribution in [0.2, 0.25) is 5.02 Å². The van der Waals surface area contributed by atoms with Crippen molar-refractivity contribution in [2.45, 2.75) is 45.6 Å². The maximum absolute atomic E-state index is 14.3. The number of carbonyl (C=O) groups is 1. The lowest BCUT2D eigenvalue weighted by Crippen LogP contribution is -2.14. The van der Waals surface area contributed by atoms with Crippen LogP contribution in [0.25, 0.3) is 11.0 Å². The van der Waals surface area contributed by atoms with Crippen molar-refractivity contribution in [3.05, 3.63) is 64.2 Å².